The molecule has 1 aliphatic rings. The summed E-state index contributed by atoms with van der Waals surface area (Å²) in [7, 11) is -3.42. The van der Waals surface area contributed by atoms with Crippen molar-refractivity contribution in [2.24, 2.45) is 5.73 Å². The Hall–Kier alpha value is -0.910. The Morgan fingerprint density at radius 3 is 2.50 bits per heavy atom. The van der Waals surface area contributed by atoms with Gasteiger partial charge < -0.3 is 5.73 Å². The number of hydrogen-bond acceptors (Lipinski definition) is 3. The Morgan fingerprint density at radius 1 is 1.33 bits per heavy atom. The molecule has 0 atom stereocenters. The van der Waals surface area contributed by atoms with E-state index in [0.717, 1.165) is 30.4 Å². The van der Waals surface area contributed by atoms with Gasteiger partial charge in [0, 0.05) is 12.1 Å². The average Bonchev–Trinajstić information content (AvgIpc) is 3.04. The van der Waals surface area contributed by atoms with Gasteiger partial charge in [-0.2, -0.15) is 0 Å². The summed E-state index contributed by atoms with van der Waals surface area (Å²) in [5.41, 5.74) is 7.43. The molecule has 0 spiro atoms. The van der Waals surface area contributed by atoms with Crippen LogP contribution in [0.4, 0.5) is 0 Å². The third kappa shape index (κ3) is 2.74. The second-order valence-electron chi connectivity index (χ2n) is 5.15. The number of rotatable bonds is 5. The molecule has 0 aromatic heterocycles. The summed E-state index contributed by atoms with van der Waals surface area (Å²) in [5, 5.41) is 0. The van der Waals surface area contributed by atoms with Crippen LogP contribution in [0.2, 0.25) is 0 Å². The second kappa shape index (κ2) is 4.64. The van der Waals surface area contributed by atoms with E-state index in [1.165, 1.54) is 0 Å². The van der Waals surface area contributed by atoms with E-state index in [9.17, 15) is 8.42 Å². The van der Waals surface area contributed by atoms with Crippen molar-refractivity contribution < 1.29 is 8.42 Å². The highest BCUT2D eigenvalue weighted by Gasteiger charge is 2.41. The zero-order valence-corrected chi connectivity index (χ0v) is 11.7. The minimum absolute atomic E-state index is 0.245. The summed E-state index contributed by atoms with van der Waals surface area (Å²) >= 11 is 0. The van der Waals surface area contributed by atoms with Gasteiger partial charge in [-0.15, -0.1) is 0 Å². The fourth-order valence-electron chi connectivity index (χ4n) is 1.98. The molecular formula is C13H20N2O2S. The van der Waals surface area contributed by atoms with E-state index in [1.807, 2.05) is 19.9 Å². The van der Waals surface area contributed by atoms with Crippen LogP contribution >= 0.6 is 0 Å². The molecule has 0 amide bonds. The largest absolute Gasteiger partial charge is 0.326 e. The first-order valence-corrected chi connectivity index (χ1v) is 7.74. The van der Waals surface area contributed by atoms with Crippen molar-refractivity contribution in [3.8, 4) is 0 Å². The van der Waals surface area contributed by atoms with E-state index >= 15 is 0 Å². The standard InChI is InChI=1S/C13H20N2O2S/c1-3-10-4-5-12(8-11(10)9-14)18(16,17)15-13(2)6-7-13/h4-5,8,15H,3,6-7,9,14H2,1-2H3. The van der Waals surface area contributed by atoms with Crippen molar-refractivity contribution >= 4 is 10.0 Å². The van der Waals surface area contributed by atoms with Crippen LogP contribution in [0.1, 0.15) is 37.8 Å². The van der Waals surface area contributed by atoms with Gasteiger partial charge in [-0.3, -0.25) is 0 Å². The first-order valence-electron chi connectivity index (χ1n) is 6.26. The molecule has 0 aliphatic heterocycles. The summed E-state index contributed by atoms with van der Waals surface area (Å²) in [6.45, 7) is 4.32. The molecule has 1 fully saturated rings. The fourth-order valence-corrected chi connectivity index (χ4v) is 3.49. The lowest BCUT2D eigenvalue weighted by atomic mass is 10.1. The van der Waals surface area contributed by atoms with Gasteiger partial charge in [0.25, 0.3) is 0 Å². The van der Waals surface area contributed by atoms with Crippen molar-refractivity contribution in [1.29, 1.82) is 0 Å². The number of nitrogens with two attached hydrogens (primary N) is 1. The molecule has 0 saturated heterocycles. The van der Waals surface area contributed by atoms with Crippen LogP contribution in [0.3, 0.4) is 0 Å². The van der Waals surface area contributed by atoms with Crippen LogP contribution in [-0.2, 0) is 23.0 Å². The number of aryl methyl sites for hydroxylation is 1. The average molecular weight is 268 g/mol. The molecule has 0 bridgehead atoms. The normalized spacial score (nSPS) is 17.7. The highest BCUT2D eigenvalue weighted by Crippen LogP contribution is 2.36. The summed E-state index contributed by atoms with van der Waals surface area (Å²) in [5.74, 6) is 0. The predicted molar refractivity (Wildman–Crippen MR) is 71.7 cm³/mol. The van der Waals surface area contributed by atoms with Gasteiger partial charge in [-0.25, -0.2) is 13.1 Å². The summed E-state index contributed by atoms with van der Waals surface area (Å²) in [6, 6.07) is 5.20. The van der Waals surface area contributed by atoms with Crippen LogP contribution < -0.4 is 10.5 Å². The van der Waals surface area contributed by atoms with E-state index in [-0.39, 0.29) is 5.54 Å². The van der Waals surface area contributed by atoms with Crippen LogP contribution in [0, 0.1) is 0 Å². The first-order chi connectivity index (χ1) is 8.40. The Morgan fingerprint density at radius 2 is 2.00 bits per heavy atom. The first kappa shape index (κ1) is 13.5. The third-order valence-corrected chi connectivity index (χ3v) is 5.11. The molecule has 4 nitrogen and oxygen atoms in total. The van der Waals surface area contributed by atoms with E-state index in [2.05, 4.69) is 4.72 Å². The van der Waals surface area contributed by atoms with E-state index in [1.54, 1.807) is 12.1 Å². The highest BCUT2D eigenvalue weighted by atomic mass is 32.2. The molecule has 100 valence electrons. The monoisotopic (exact) mass is 268 g/mol. The van der Waals surface area contributed by atoms with Crippen molar-refractivity contribution in [2.45, 2.75) is 50.1 Å². The summed E-state index contributed by atoms with van der Waals surface area (Å²) in [4.78, 5) is 0.313. The van der Waals surface area contributed by atoms with Crippen molar-refractivity contribution in [2.75, 3.05) is 0 Å². The molecule has 2 rings (SSSR count). The third-order valence-electron chi connectivity index (χ3n) is 3.47. The maximum absolute atomic E-state index is 12.2. The van der Waals surface area contributed by atoms with Crippen molar-refractivity contribution in [1.82, 2.24) is 4.72 Å². The molecule has 0 heterocycles. The molecule has 0 unspecified atom stereocenters. The lowest BCUT2D eigenvalue weighted by Gasteiger charge is -2.14. The maximum Gasteiger partial charge on any atom is 0.241 e. The number of nitrogens with one attached hydrogen (secondary N) is 1. The smallest absolute Gasteiger partial charge is 0.241 e. The second-order valence-corrected chi connectivity index (χ2v) is 6.84. The maximum atomic E-state index is 12.2. The van der Waals surface area contributed by atoms with Crippen LogP contribution in [0.25, 0.3) is 0 Å². The molecule has 1 saturated carbocycles. The van der Waals surface area contributed by atoms with Gasteiger partial charge in [-0.1, -0.05) is 13.0 Å². The van der Waals surface area contributed by atoms with E-state index in [0.29, 0.717) is 11.4 Å². The molecule has 1 aliphatic carbocycles. The van der Waals surface area contributed by atoms with Gasteiger partial charge in [-0.05, 0) is 49.4 Å². The zero-order valence-electron chi connectivity index (χ0n) is 10.9. The van der Waals surface area contributed by atoms with E-state index < -0.39 is 10.0 Å². The lowest BCUT2D eigenvalue weighted by molar-refractivity contribution is 0.558. The number of sulfonamides is 1. The fraction of sp³-hybridized carbons (Fsp3) is 0.538. The van der Waals surface area contributed by atoms with Crippen molar-refractivity contribution in [3.63, 3.8) is 0 Å². The minimum atomic E-state index is -3.42. The Labute approximate surface area is 109 Å². The van der Waals surface area contributed by atoms with Gasteiger partial charge in [0.05, 0.1) is 4.90 Å². The van der Waals surface area contributed by atoms with Crippen LogP contribution in [-0.4, -0.2) is 14.0 Å². The zero-order chi connectivity index (χ0) is 13.4. The lowest BCUT2D eigenvalue weighted by Crippen LogP contribution is -2.34. The van der Waals surface area contributed by atoms with Gasteiger partial charge in [0.2, 0.25) is 10.0 Å². The highest BCUT2D eigenvalue weighted by molar-refractivity contribution is 7.89. The van der Waals surface area contributed by atoms with Gasteiger partial charge in [0.1, 0.15) is 0 Å². The molecule has 18 heavy (non-hydrogen) atoms. The van der Waals surface area contributed by atoms with Crippen molar-refractivity contribution in [3.05, 3.63) is 29.3 Å². The predicted octanol–water partition coefficient (Wildman–Crippen LogP) is 1.54. The SMILES string of the molecule is CCc1ccc(S(=O)(=O)NC2(C)CC2)cc1CN. The van der Waals surface area contributed by atoms with Gasteiger partial charge in [0.15, 0.2) is 0 Å². The Bertz CT molecular complexity index is 548. The quantitative estimate of drug-likeness (QED) is 0.851. The summed E-state index contributed by atoms with van der Waals surface area (Å²) < 4.78 is 27.2. The minimum Gasteiger partial charge on any atom is -0.326 e. The summed E-state index contributed by atoms with van der Waals surface area (Å²) in [6.07, 6.45) is 2.67. The number of hydrogen-bond donors (Lipinski definition) is 2. The molecule has 0 radical (unpaired) electrons. The molecule has 1 aromatic carbocycles. The molecular weight excluding hydrogens is 248 g/mol. The number of benzene rings is 1. The Kier molecular flexibility index (Phi) is 3.49. The van der Waals surface area contributed by atoms with Crippen LogP contribution in [0.5, 0.6) is 0 Å². The molecule has 3 N–H and O–H groups in total. The molecule has 1 aromatic rings. The Balaban J connectivity index is 2.32. The van der Waals surface area contributed by atoms with E-state index in [4.69, 9.17) is 5.73 Å². The van der Waals surface area contributed by atoms with Crippen LogP contribution in [0.15, 0.2) is 23.1 Å². The topological polar surface area (TPSA) is 72.2 Å². The molecule has 5 heteroatoms. The van der Waals surface area contributed by atoms with Gasteiger partial charge >= 0.3 is 0 Å².